The average molecular weight is 290 g/mol. The van der Waals surface area contributed by atoms with Crippen molar-refractivity contribution in [2.24, 2.45) is 0 Å². The summed E-state index contributed by atoms with van der Waals surface area (Å²) in [5, 5.41) is 5.76. The fourth-order valence-electron chi connectivity index (χ4n) is 1.92. The van der Waals surface area contributed by atoms with Gasteiger partial charge in [-0.1, -0.05) is 0 Å². The molecule has 3 nitrogen and oxygen atoms in total. The van der Waals surface area contributed by atoms with Gasteiger partial charge < -0.3 is 10.6 Å². The van der Waals surface area contributed by atoms with E-state index in [9.17, 15) is 13.6 Å². The van der Waals surface area contributed by atoms with E-state index in [2.05, 4.69) is 10.6 Å². The minimum Gasteiger partial charge on any atom is -0.381 e. The lowest BCUT2D eigenvalue weighted by atomic mass is 10.1. The topological polar surface area (TPSA) is 41.1 Å². The molecule has 0 unspecified atom stereocenters. The number of amides is 1. The third kappa shape index (κ3) is 4.27. The third-order valence-corrected chi connectivity index (χ3v) is 2.90. The van der Waals surface area contributed by atoms with Crippen LogP contribution in [0.15, 0.2) is 42.5 Å². The highest BCUT2D eigenvalue weighted by atomic mass is 19.1. The summed E-state index contributed by atoms with van der Waals surface area (Å²) in [4.78, 5) is 11.6. The summed E-state index contributed by atoms with van der Waals surface area (Å²) < 4.78 is 26.1. The van der Waals surface area contributed by atoms with Crippen molar-refractivity contribution in [2.45, 2.75) is 13.5 Å². The van der Waals surface area contributed by atoms with E-state index in [0.29, 0.717) is 24.2 Å². The largest absolute Gasteiger partial charge is 0.381 e. The summed E-state index contributed by atoms with van der Waals surface area (Å²) in [5.41, 5.74) is 1.85. The van der Waals surface area contributed by atoms with Crippen LogP contribution in [0.3, 0.4) is 0 Å². The molecule has 5 heteroatoms. The first-order valence-electron chi connectivity index (χ1n) is 6.65. The molecular formula is C16H16F2N2O. The highest BCUT2D eigenvalue weighted by molar-refractivity contribution is 5.94. The maximum absolute atomic E-state index is 13.1. The van der Waals surface area contributed by atoms with E-state index in [1.807, 2.05) is 6.92 Å². The van der Waals surface area contributed by atoms with E-state index < -0.39 is 11.6 Å². The number of anilines is 1. The van der Waals surface area contributed by atoms with Crippen molar-refractivity contribution in [3.63, 3.8) is 0 Å². The van der Waals surface area contributed by atoms with Crippen molar-refractivity contribution >= 4 is 11.6 Å². The third-order valence-electron chi connectivity index (χ3n) is 2.90. The van der Waals surface area contributed by atoms with Gasteiger partial charge in [-0.15, -0.1) is 0 Å². The lowest BCUT2D eigenvalue weighted by Crippen LogP contribution is -2.22. The molecule has 0 aromatic heterocycles. The first kappa shape index (κ1) is 15.0. The average Bonchev–Trinajstić information content (AvgIpc) is 2.45. The molecule has 0 saturated heterocycles. The van der Waals surface area contributed by atoms with Crippen molar-refractivity contribution in [3.05, 3.63) is 65.2 Å². The number of carbonyl (C=O) groups excluding carboxylic acids is 1. The van der Waals surface area contributed by atoms with Gasteiger partial charge in [-0.05, 0) is 48.9 Å². The first-order valence-corrected chi connectivity index (χ1v) is 6.65. The summed E-state index contributed by atoms with van der Waals surface area (Å²) >= 11 is 0. The van der Waals surface area contributed by atoms with Gasteiger partial charge in [0.2, 0.25) is 0 Å². The molecule has 0 atom stereocenters. The molecule has 0 radical (unpaired) electrons. The van der Waals surface area contributed by atoms with Crippen LogP contribution in [0.4, 0.5) is 14.5 Å². The molecule has 110 valence electrons. The monoisotopic (exact) mass is 290 g/mol. The van der Waals surface area contributed by atoms with Gasteiger partial charge >= 0.3 is 0 Å². The molecule has 0 fully saturated rings. The van der Waals surface area contributed by atoms with Crippen molar-refractivity contribution in [1.82, 2.24) is 5.32 Å². The molecule has 0 heterocycles. The Labute approximate surface area is 122 Å². The minimum atomic E-state index is -0.599. The van der Waals surface area contributed by atoms with E-state index in [0.717, 1.165) is 11.8 Å². The maximum Gasteiger partial charge on any atom is 0.251 e. The van der Waals surface area contributed by atoms with Crippen LogP contribution in [0.1, 0.15) is 22.8 Å². The predicted molar refractivity (Wildman–Crippen MR) is 78.1 cm³/mol. The van der Waals surface area contributed by atoms with Crippen molar-refractivity contribution in [1.29, 1.82) is 0 Å². The lowest BCUT2D eigenvalue weighted by molar-refractivity contribution is 0.0956. The van der Waals surface area contributed by atoms with E-state index in [-0.39, 0.29) is 5.91 Å². The van der Waals surface area contributed by atoms with Gasteiger partial charge in [0.25, 0.3) is 5.91 Å². The number of hydrogen-bond donors (Lipinski definition) is 2. The van der Waals surface area contributed by atoms with Crippen LogP contribution in [0.2, 0.25) is 0 Å². The summed E-state index contributed by atoms with van der Waals surface area (Å²) in [7, 11) is 0. The molecule has 0 bridgehead atoms. The Balaban J connectivity index is 1.99. The Morgan fingerprint density at radius 1 is 1.05 bits per heavy atom. The number of benzene rings is 2. The zero-order valence-corrected chi connectivity index (χ0v) is 11.6. The second-order valence-electron chi connectivity index (χ2n) is 4.57. The van der Waals surface area contributed by atoms with Gasteiger partial charge in [-0.2, -0.15) is 0 Å². The van der Waals surface area contributed by atoms with Gasteiger partial charge in [0, 0.05) is 30.4 Å². The Hall–Kier alpha value is -2.43. The van der Waals surface area contributed by atoms with Gasteiger partial charge in [0.1, 0.15) is 11.6 Å². The Kier molecular flexibility index (Phi) is 4.87. The van der Waals surface area contributed by atoms with Crippen LogP contribution in [-0.2, 0) is 6.54 Å². The smallest absolute Gasteiger partial charge is 0.251 e. The molecule has 0 aliphatic heterocycles. The molecule has 0 aliphatic rings. The molecule has 0 saturated carbocycles. The van der Waals surface area contributed by atoms with Crippen LogP contribution in [-0.4, -0.2) is 12.5 Å². The van der Waals surface area contributed by atoms with Crippen LogP contribution >= 0.6 is 0 Å². The SMILES string of the molecule is CCNC(=O)c1ccc(NCc2cc(F)cc(F)c2)cc1. The van der Waals surface area contributed by atoms with Gasteiger partial charge in [0.05, 0.1) is 0 Å². The van der Waals surface area contributed by atoms with E-state index in [1.54, 1.807) is 24.3 Å². The first-order chi connectivity index (χ1) is 10.1. The van der Waals surface area contributed by atoms with E-state index >= 15 is 0 Å². The number of nitrogens with one attached hydrogen (secondary N) is 2. The highest BCUT2D eigenvalue weighted by Gasteiger charge is 2.04. The standard InChI is InChI=1S/C16H16F2N2O/c1-2-19-16(21)12-3-5-15(6-4-12)20-10-11-7-13(17)9-14(18)8-11/h3-9,20H,2,10H2,1H3,(H,19,21). The van der Waals surface area contributed by atoms with Crippen LogP contribution in [0, 0.1) is 11.6 Å². The van der Waals surface area contributed by atoms with Crippen LogP contribution in [0.25, 0.3) is 0 Å². The van der Waals surface area contributed by atoms with Gasteiger partial charge in [0.15, 0.2) is 0 Å². The molecule has 0 aliphatic carbocycles. The molecule has 21 heavy (non-hydrogen) atoms. The molecule has 1 amide bonds. The second-order valence-corrected chi connectivity index (χ2v) is 4.57. The summed E-state index contributed by atoms with van der Waals surface area (Å²) in [6.07, 6.45) is 0. The lowest BCUT2D eigenvalue weighted by Gasteiger charge is -2.08. The molecule has 2 rings (SSSR count). The Morgan fingerprint density at radius 3 is 2.24 bits per heavy atom. The molecule has 2 aromatic rings. The molecule has 2 aromatic carbocycles. The number of halogens is 2. The predicted octanol–water partition coefficient (Wildman–Crippen LogP) is 3.33. The van der Waals surface area contributed by atoms with Crippen molar-refractivity contribution in [3.8, 4) is 0 Å². The second kappa shape index (κ2) is 6.83. The van der Waals surface area contributed by atoms with Gasteiger partial charge in [-0.25, -0.2) is 8.78 Å². The fraction of sp³-hybridized carbons (Fsp3) is 0.188. The minimum absolute atomic E-state index is 0.128. The zero-order valence-electron chi connectivity index (χ0n) is 11.6. The zero-order chi connectivity index (χ0) is 15.2. The molecular weight excluding hydrogens is 274 g/mol. The quantitative estimate of drug-likeness (QED) is 0.887. The van der Waals surface area contributed by atoms with Crippen LogP contribution < -0.4 is 10.6 Å². The highest BCUT2D eigenvalue weighted by Crippen LogP contribution is 2.13. The van der Waals surface area contributed by atoms with Crippen molar-refractivity contribution in [2.75, 3.05) is 11.9 Å². The van der Waals surface area contributed by atoms with E-state index in [1.165, 1.54) is 12.1 Å². The molecule has 0 spiro atoms. The number of hydrogen-bond acceptors (Lipinski definition) is 2. The Bertz CT molecular complexity index is 606. The maximum atomic E-state index is 13.1. The number of rotatable bonds is 5. The molecule has 2 N–H and O–H groups in total. The van der Waals surface area contributed by atoms with Crippen LogP contribution in [0.5, 0.6) is 0 Å². The fourth-order valence-corrected chi connectivity index (χ4v) is 1.92. The summed E-state index contributed by atoms with van der Waals surface area (Å²) in [5.74, 6) is -1.33. The summed E-state index contributed by atoms with van der Waals surface area (Å²) in [6, 6.07) is 10.3. The number of carbonyl (C=O) groups is 1. The Morgan fingerprint density at radius 2 is 1.67 bits per heavy atom. The van der Waals surface area contributed by atoms with Crippen molar-refractivity contribution < 1.29 is 13.6 Å². The summed E-state index contributed by atoms with van der Waals surface area (Å²) in [6.45, 7) is 2.73. The van der Waals surface area contributed by atoms with E-state index in [4.69, 9.17) is 0 Å². The normalized spacial score (nSPS) is 10.2. The van der Waals surface area contributed by atoms with Gasteiger partial charge in [-0.3, -0.25) is 4.79 Å².